The first-order valence-corrected chi connectivity index (χ1v) is 10.5. The molecule has 2 N–H and O–H groups in total. The van der Waals surface area contributed by atoms with Crippen LogP contribution in [0.1, 0.15) is 65.7 Å². The fourth-order valence-corrected chi connectivity index (χ4v) is 5.07. The maximum atomic E-state index is 12.0. The molecule has 0 spiro atoms. The molecule has 130 valence electrons. The molecular formula is C19H25NO2S2. The van der Waals surface area contributed by atoms with Gasteiger partial charge in [-0.3, -0.25) is 4.79 Å². The van der Waals surface area contributed by atoms with Crippen LogP contribution in [0.15, 0.2) is 29.6 Å². The van der Waals surface area contributed by atoms with Crippen molar-refractivity contribution in [1.82, 2.24) is 5.32 Å². The van der Waals surface area contributed by atoms with Gasteiger partial charge < -0.3 is 10.4 Å². The second-order valence-electron chi connectivity index (χ2n) is 6.54. The number of rotatable bonds is 7. The second kappa shape index (κ2) is 8.79. The SMILES string of the molecule is O=C(CCC1CCCCC1)NCc1ccc(C(O)c2cccs2)s1. The van der Waals surface area contributed by atoms with Gasteiger partial charge in [-0.15, -0.1) is 22.7 Å². The summed E-state index contributed by atoms with van der Waals surface area (Å²) in [4.78, 5) is 15.0. The maximum Gasteiger partial charge on any atom is 0.220 e. The lowest BCUT2D eigenvalue weighted by Gasteiger charge is -2.20. The zero-order valence-electron chi connectivity index (χ0n) is 13.9. The Hall–Kier alpha value is -1.17. The van der Waals surface area contributed by atoms with Crippen LogP contribution in [0.5, 0.6) is 0 Å². The Morgan fingerprint density at radius 3 is 2.79 bits per heavy atom. The molecule has 5 heteroatoms. The van der Waals surface area contributed by atoms with Gasteiger partial charge in [0.1, 0.15) is 6.10 Å². The predicted octanol–water partition coefficient (Wildman–Crippen LogP) is 4.87. The van der Waals surface area contributed by atoms with Gasteiger partial charge >= 0.3 is 0 Å². The minimum Gasteiger partial charge on any atom is -0.382 e. The van der Waals surface area contributed by atoms with Crippen molar-refractivity contribution in [2.75, 3.05) is 0 Å². The molecular weight excluding hydrogens is 338 g/mol. The van der Waals surface area contributed by atoms with E-state index < -0.39 is 6.10 Å². The summed E-state index contributed by atoms with van der Waals surface area (Å²) in [6, 6.07) is 7.85. The zero-order valence-corrected chi connectivity index (χ0v) is 15.5. The monoisotopic (exact) mass is 363 g/mol. The topological polar surface area (TPSA) is 49.3 Å². The van der Waals surface area contributed by atoms with Crippen LogP contribution in [0.3, 0.4) is 0 Å². The fraction of sp³-hybridized carbons (Fsp3) is 0.526. The van der Waals surface area contributed by atoms with Crippen LogP contribution in [-0.2, 0) is 11.3 Å². The summed E-state index contributed by atoms with van der Waals surface area (Å²) in [6.45, 7) is 0.561. The van der Waals surface area contributed by atoms with Crippen LogP contribution in [-0.4, -0.2) is 11.0 Å². The van der Waals surface area contributed by atoms with Crippen molar-refractivity contribution < 1.29 is 9.90 Å². The van der Waals surface area contributed by atoms with Crippen LogP contribution >= 0.6 is 22.7 Å². The zero-order chi connectivity index (χ0) is 16.8. The van der Waals surface area contributed by atoms with E-state index in [0.717, 1.165) is 27.0 Å². The van der Waals surface area contributed by atoms with E-state index >= 15 is 0 Å². The van der Waals surface area contributed by atoms with Gasteiger partial charge in [0.2, 0.25) is 5.91 Å². The molecule has 1 aliphatic carbocycles. The van der Waals surface area contributed by atoms with E-state index in [1.165, 1.54) is 32.1 Å². The summed E-state index contributed by atoms with van der Waals surface area (Å²) in [5.74, 6) is 0.896. The largest absolute Gasteiger partial charge is 0.382 e. The van der Waals surface area contributed by atoms with Gasteiger partial charge in [-0.2, -0.15) is 0 Å². The van der Waals surface area contributed by atoms with Crippen molar-refractivity contribution in [3.05, 3.63) is 44.3 Å². The number of carbonyl (C=O) groups is 1. The van der Waals surface area contributed by atoms with Crippen molar-refractivity contribution in [1.29, 1.82) is 0 Å². The standard InChI is InChI=1S/C19H25NO2S2/c21-18(11-8-14-5-2-1-3-6-14)20-13-15-9-10-17(24-15)19(22)16-7-4-12-23-16/h4,7,9-10,12,14,19,22H,1-3,5-6,8,11,13H2,(H,20,21). The molecule has 0 bridgehead atoms. The van der Waals surface area contributed by atoms with Crippen LogP contribution in [0, 0.1) is 5.92 Å². The predicted molar refractivity (Wildman–Crippen MR) is 100 cm³/mol. The third kappa shape index (κ3) is 4.91. The minimum absolute atomic E-state index is 0.148. The Labute approximate surface area is 151 Å². The average Bonchev–Trinajstić information content (AvgIpc) is 3.30. The lowest BCUT2D eigenvalue weighted by atomic mass is 9.86. The number of carbonyl (C=O) groups excluding carboxylic acids is 1. The molecule has 2 aromatic rings. The molecule has 0 aliphatic heterocycles. The number of thiophene rings is 2. The lowest BCUT2D eigenvalue weighted by molar-refractivity contribution is -0.121. The van der Waals surface area contributed by atoms with Crippen LogP contribution in [0.4, 0.5) is 0 Å². The molecule has 1 amide bonds. The highest BCUT2D eigenvalue weighted by Gasteiger charge is 2.16. The summed E-state index contributed by atoms with van der Waals surface area (Å²) < 4.78 is 0. The molecule has 1 fully saturated rings. The molecule has 0 radical (unpaired) electrons. The first kappa shape index (κ1) is 17.6. The van der Waals surface area contributed by atoms with Crippen molar-refractivity contribution >= 4 is 28.6 Å². The van der Waals surface area contributed by atoms with Crippen molar-refractivity contribution in [2.45, 2.75) is 57.6 Å². The molecule has 0 aromatic carbocycles. The minimum atomic E-state index is -0.550. The quantitative estimate of drug-likeness (QED) is 0.737. The molecule has 3 nitrogen and oxygen atoms in total. The number of nitrogens with one attached hydrogen (secondary N) is 1. The number of hydrogen-bond acceptors (Lipinski definition) is 4. The Bertz CT molecular complexity index is 630. The van der Waals surface area contributed by atoms with E-state index in [1.54, 1.807) is 22.7 Å². The van der Waals surface area contributed by atoms with Gasteiger partial charge in [-0.1, -0.05) is 38.2 Å². The average molecular weight is 364 g/mol. The van der Waals surface area contributed by atoms with Crippen LogP contribution in [0.25, 0.3) is 0 Å². The molecule has 0 saturated heterocycles. The van der Waals surface area contributed by atoms with E-state index in [4.69, 9.17) is 0 Å². The van der Waals surface area contributed by atoms with Crippen LogP contribution in [0.2, 0.25) is 0 Å². The fourth-order valence-electron chi connectivity index (χ4n) is 3.31. The molecule has 1 atom stereocenters. The number of amides is 1. The molecule has 2 aromatic heterocycles. The summed E-state index contributed by atoms with van der Waals surface area (Å²) in [5.41, 5.74) is 0. The Morgan fingerprint density at radius 2 is 2.04 bits per heavy atom. The second-order valence-corrected chi connectivity index (χ2v) is 8.72. The van der Waals surface area contributed by atoms with E-state index in [2.05, 4.69) is 5.32 Å². The maximum absolute atomic E-state index is 12.0. The van der Waals surface area contributed by atoms with Gasteiger partial charge in [-0.25, -0.2) is 0 Å². The number of aliphatic hydroxyl groups excluding tert-OH is 1. The third-order valence-corrected chi connectivity index (χ3v) is 6.79. The summed E-state index contributed by atoms with van der Waals surface area (Å²) >= 11 is 3.13. The van der Waals surface area contributed by atoms with Crippen molar-refractivity contribution in [3.8, 4) is 0 Å². The smallest absolute Gasteiger partial charge is 0.220 e. The van der Waals surface area contributed by atoms with Gasteiger partial charge in [0.25, 0.3) is 0 Å². The normalized spacial score (nSPS) is 16.9. The summed E-state index contributed by atoms with van der Waals surface area (Å²) in [7, 11) is 0. The molecule has 24 heavy (non-hydrogen) atoms. The van der Waals surface area contributed by atoms with Gasteiger partial charge in [0.15, 0.2) is 0 Å². The molecule has 2 heterocycles. The van der Waals surface area contributed by atoms with E-state index in [9.17, 15) is 9.90 Å². The van der Waals surface area contributed by atoms with E-state index in [-0.39, 0.29) is 5.91 Å². The van der Waals surface area contributed by atoms with Crippen molar-refractivity contribution in [2.24, 2.45) is 5.92 Å². The number of aliphatic hydroxyl groups is 1. The van der Waals surface area contributed by atoms with Gasteiger partial charge in [0.05, 0.1) is 6.54 Å². The van der Waals surface area contributed by atoms with Gasteiger partial charge in [0, 0.05) is 21.1 Å². The summed E-state index contributed by atoms with van der Waals surface area (Å²) in [5, 5.41) is 15.3. The van der Waals surface area contributed by atoms with Crippen LogP contribution < -0.4 is 5.32 Å². The molecule has 1 aliphatic rings. The molecule has 1 saturated carbocycles. The van der Waals surface area contributed by atoms with E-state index in [1.807, 2.05) is 29.6 Å². The lowest BCUT2D eigenvalue weighted by Crippen LogP contribution is -2.23. The third-order valence-electron chi connectivity index (χ3n) is 4.73. The number of hydrogen-bond donors (Lipinski definition) is 2. The Balaban J connectivity index is 1.42. The summed E-state index contributed by atoms with van der Waals surface area (Å²) in [6.07, 6.45) is 7.73. The highest BCUT2D eigenvalue weighted by atomic mass is 32.1. The molecule has 3 rings (SSSR count). The first-order valence-electron chi connectivity index (χ1n) is 8.79. The Kier molecular flexibility index (Phi) is 6.46. The highest BCUT2D eigenvalue weighted by molar-refractivity contribution is 7.12. The molecule has 1 unspecified atom stereocenters. The highest BCUT2D eigenvalue weighted by Crippen LogP contribution is 2.31. The van der Waals surface area contributed by atoms with E-state index in [0.29, 0.717) is 13.0 Å². The Morgan fingerprint density at radius 1 is 1.21 bits per heavy atom. The van der Waals surface area contributed by atoms with Gasteiger partial charge in [-0.05, 0) is 35.9 Å². The van der Waals surface area contributed by atoms with Crippen molar-refractivity contribution in [3.63, 3.8) is 0 Å². The first-order chi connectivity index (χ1) is 11.7.